The maximum Gasteiger partial charge on any atom is 0.573 e. The van der Waals surface area contributed by atoms with Crippen molar-refractivity contribution in [3.05, 3.63) is 48.7 Å². The molecule has 3 heterocycles. The van der Waals surface area contributed by atoms with E-state index in [0.29, 0.717) is 30.1 Å². The van der Waals surface area contributed by atoms with Gasteiger partial charge in [-0.3, -0.25) is 0 Å². The third-order valence-corrected chi connectivity index (χ3v) is 7.06. The molecule has 0 spiro atoms. The first kappa shape index (κ1) is 28.0. The van der Waals surface area contributed by atoms with Gasteiger partial charge in [0.1, 0.15) is 5.75 Å². The summed E-state index contributed by atoms with van der Waals surface area (Å²) in [6, 6.07) is 5.97. The van der Waals surface area contributed by atoms with Crippen LogP contribution in [0.25, 0.3) is 11.3 Å². The van der Waals surface area contributed by atoms with E-state index in [1.54, 1.807) is 6.07 Å². The first-order valence-corrected chi connectivity index (χ1v) is 13.0. The lowest BCUT2D eigenvalue weighted by Gasteiger charge is -2.40. The predicted octanol–water partition coefficient (Wildman–Crippen LogP) is 6.03. The smallest absolute Gasteiger partial charge is 0.424 e. The fourth-order valence-corrected chi connectivity index (χ4v) is 5.26. The first-order valence-electron chi connectivity index (χ1n) is 13.0. The minimum Gasteiger partial charge on any atom is -0.424 e. The number of benzene rings is 1. The largest absolute Gasteiger partial charge is 0.573 e. The van der Waals surface area contributed by atoms with Crippen LogP contribution >= 0.6 is 0 Å². The van der Waals surface area contributed by atoms with Gasteiger partial charge in [0, 0.05) is 36.8 Å². The van der Waals surface area contributed by atoms with Gasteiger partial charge in [-0.05, 0) is 37.8 Å². The van der Waals surface area contributed by atoms with E-state index < -0.39 is 18.4 Å². The Morgan fingerprint density at radius 2 is 1.65 bits per heavy atom. The number of nitrogens with zero attached hydrogens (tertiary/aromatic N) is 4. The number of piperidine rings is 1. The molecule has 2 N–H and O–H groups in total. The van der Waals surface area contributed by atoms with E-state index >= 15 is 0 Å². The summed E-state index contributed by atoms with van der Waals surface area (Å²) in [5.41, 5.74) is 0.949. The minimum atomic E-state index is -4.80. The van der Waals surface area contributed by atoms with Crippen LogP contribution in [-0.2, 0) is 6.18 Å². The number of aromatic nitrogens is 3. The molecule has 1 saturated heterocycles. The standard InChI is InChI=1S/C26H28F6N6O2/c27-25(28,29)23-33-12-18(13-34-23)38-10-4-6-17(15-38)36-20-8-1-2-9-21(20)37-24-35-14-22(39-24)16-5-3-7-19(11-16)40-26(30,31)32/h3,5,7,11-14,17,20-21,36H,1-2,4,6,8-10,15H2,(H,35,37). The van der Waals surface area contributed by atoms with Crippen LogP contribution in [0.4, 0.5) is 38.0 Å². The lowest BCUT2D eigenvalue weighted by atomic mass is 9.89. The van der Waals surface area contributed by atoms with Gasteiger partial charge in [0.05, 0.1) is 24.3 Å². The Morgan fingerprint density at radius 3 is 2.38 bits per heavy atom. The second-order valence-electron chi connectivity index (χ2n) is 9.96. The van der Waals surface area contributed by atoms with Gasteiger partial charge in [0.15, 0.2) is 5.76 Å². The molecule has 3 unspecified atom stereocenters. The van der Waals surface area contributed by atoms with Gasteiger partial charge in [-0.15, -0.1) is 13.2 Å². The summed E-state index contributed by atoms with van der Waals surface area (Å²) in [7, 11) is 0. The van der Waals surface area contributed by atoms with Crippen LogP contribution in [0.1, 0.15) is 44.3 Å². The SMILES string of the molecule is FC(F)(F)Oc1cccc(-c2cnc(NC3CCCCC3NC3CCCN(c4cnc(C(F)(F)F)nc4)C3)o2)c1. The second kappa shape index (κ2) is 11.5. The van der Waals surface area contributed by atoms with Crippen LogP contribution in [0.15, 0.2) is 47.3 Å². The summed E-state index contributed by atoms with van der Waals surface area (Å²) in [4.78, 5) is 13.2. The van der Waals surface area contributed by atoms with E-state index in [2.05, 4.69) is 30.3 Å². The topological polar surface area (TPSA) is 88.3 Å². The van der Waals surface area contributed by atoms with Crippen molar-refractivity contribution in [2.75, 3.05) is 23.3 Å². The van der Waals surface area contributed by atoms with Crippen LogP contribution in [0.3, 0.4) is 0 Å². The first-order chi connectivity index (χ1) is 19.0. The molecule has 2 fully saturated rings. The molecule has 8 nitrogen and oxygen atoms in total. The van der Waals surface area contributed by atoms with Crippen molar-refractivity contribution in [1.82, 2.24) is 20.3 Å². The number of ether oxygens (including phenoxy) is 1. The highest BCUT2D eigenvalue weighted by molar-refractivity contribution is 5.59. The highest BCUT2D eigenvalue weighted by Gasteiger charge is 2.35. The third kappa shape index (κ3) is 7.14. The maximum absolute atomic E-state index is 12.8. The predicted molar refractivity (Wildman–Crippen MR) is 134 cm³/mol. The lowest BCUT2D eigenvalue weighted by molar-refractivity contribution is -0.274. The van der Waals surface area contributed by atoms with E-state index in [1.165, 1.54) is 36.8 Å². The maximum atomic E-state index is 12.8. The summed E-state index contributed by atoms with van der Waals surface area (Å²) in [6.45, 7) is 1.31. The molecule has 2 aromatic heterocycles. The Balaban J connectivity index is 1.21. The Labute approximate surface area is 226 Å². The zero-order valence-corrected chi connectivity index (χ0v) is 21.3. The summed E-state index contributed by atoms with van der Waals surface area (Å²) in [6.07, 6.45) is 0.134. The number of anilines is 2. The van der Waals surface area contributed by atoms with Crippen molar-refractivity contribution >= 4 is 11.7 Å². The molecule has 1 aliphatic carbocycles. The molecule has 40 heavy (non-hydrogen) atoms. The summed E-state index contributed by atoms with van der Waals surface area (Å²) in [5, 5.41) is 7.05. The number of halogens is 6. The van der Waals surface area contributed by atoms with Gasteiger partial charge in [0.25, 0.3) is 6.01 Å². The summed E-state index contributed by atoms with van der Waals surface area (Å²) < 4.78 is 86.0. The fraction of sp³-hybridized carbons (Fsp3) is 0.500. The van der Waals surface area contributed by atoms with Crippen LogP contribution < -0.4 is 20.3 Å². The molecule has 1 aliphatic heterocycles. The zero-order valence-electron chi connectivity index (χ0n) is 21.3. The van der Waals surface area contributed by atoms with Gasteiger partial charge >= 0.3 is 12.5 Å². The molecule has 3 aromatic rings. The highest BCUT2D eigenvalue weighted by Crippen LogP contribution is 2.31. The van der Waals surface area contributed by atoms with Crippen molar-refractivity contribution in [1.29, 1.82) is 0 Å². The Kier molecular flexibility index (Phi) is 8.06. The van der Waals surface area contributed by atoms with E-state index in [-0.39, 0.29) is 29.9 Å². The monoisotopic (exact) mass is 570 g/mol. The Morgan fingerprint density at radius 1 is 0.900 bits per heavy atom. The average Bonchev–Trinajstić information content (AvgIpc) is 3.37. The van der Waals surface area contributed by atoms with Crippen molar-refractivity contribution in [3.63, 3.8) is 0 Å². The van der Waals surface area contributed by atoms with Gasteiger partial charge < -0.3 is 24.7 Å². The Bertz CT molecular complexity index is 1270. The van der Waals surface area contributed by atoms with Crippen molar-refractivity contribution in [3.8, 4) is 17.1 Å². The van der Waals surface area contributed by atoms with Crippen molar-refractivity contribution in [2.24, 2.45) is 0 Å². The molecular weight excluding hydrogens is 542 g/mol. The van der Waals surface area contributed by atoms with Crippen LogP contribution in [0.5, 0.6) is 5.75 Å². The number of hydrogen-bond donors (Lipinski definition) is 2. The molecule has 216 valence electrons. The lowest BCUT2D eigenvalue weighted by Crippen LogP contribution is -2.55. The molecule has 3 atom stereocenters. The van der Waals surface area contributed by atoms with Crippen LogP contribution in [-0.4, -0.2) is 52.5 Å². The van der Waals surface area contributed by atoms with E-state index in [1.807, 2.05) is 4.90 Å². The van der Waals surface area contributed by atoms with Crippen LogP contribution in [0.2, 0.25) is 0 Å². The van der Waals surface area contributed by atoms with E-state index in [4.69, 9.17) is 4.42 Å². The molecule has 14 heteroatoms. The molecule has 5 rings (SSSR count). The zero-order chi connectivity index (χ0) is 28.3. The highest BCUT2D eigenvalue weighted by atomic mass is 19.4. The molecule has 1 aromatic carbocycles. The molecule has 0 bridgehead atoms. The number of rotatable bonds is 7. The quantitative estimate of drug-likeness (QED) is 0.333. The molecule has 0 amide bonds. The molecule has 1 saturated carbocycles. The number of nitrogens with one attached hydrogen (secondary N) is 2. The second-order valence-corrected chi connectivity index (χ2v) is 9.96. The summed E-state index contributed by atoms with van der Waals surface area (Å²) in [5.74, 6) is -1.20. The third-order valence-electron chi connectivity index (χ3n) is 7.06. The molecular formula is C26H28F6N6O2. The molecule has 2 aliphatic rings. The van der Waals surface area contributed by atoms with E-state index in [0.717, 1.165) is 38.5 Å². The normalized spacial score (nSPS) is 22.2. The van der Waals surface area contributed by atoms with Crippen molar-refractivity contribution < 1.29 is 35.5 Å². The number of hydrogen-bond acceptors (Lipinski definition) is 8. The van der Waals surface area contributed by atoms with E-state index in [9.17, 15) is 26.3 Å². The molecule has 0 radical (unpaired) electrons. The minimum absolute atomic E-state index is 0.00456. The fourth-order valence-electron chi connectivity index (χ4n) is 5.26. The number of alkyl halides is 6. The van der Waals surface area contributed by atoms with Gasteiger partial charge in [0.2, 0.25) is 5.82 Å². The van der Waals surface area contributed by atoms with Crippen LogP contribution in [0, 0.1) is 0 Å². The van der Waals surface area contributed by atoms with Crippen molar-refractivity contribution in [2.45, 2.75) is 69.2 Å². The summed E-state index contributed by atoms with van der Waals surface area (Å²) >= 11 is 0. The number of oxazole rings is 1. The Hall–Kier alpha value is -3.55. The average molecular weight is 571 g/mol. The van der Waals surface area contributed by atoms with Gasteiger partial charge in [-0.1, -0.05) is 25.0 Å². The van der Waals surface area contributed by atoms with Gasteiger partial charge in [-0.25, -0.2) is 15.0 Å². The van der Waals surface area contributed by atoms with Gasteiger partial charge in [-0.2, -0.15) is 13.2 Å².